The molecule has 2 heterocycles. The Morgan fingerprint density at radius 3 is 2.59 bits per heavy atom. The molecule has 4 heteroatoms. The van der Waals surface area contributed by atoms with Gasteiger partial charge in [-0.2, -0.15) is 0 Å². The topological polar surface area (TPSA) is 55.1 Å². The molecule has 0 spiro atoms. The molecule has 2 aromatic rings. The number of rotatable bonds is 2. The number of aromatic nitrogens is 2. The number of aryl methyl sites for hydroxylation is 2. The van der Waals surface area contributed by atoms with Crippen molar-refractivity contribution in [1.82, 2.24) is 9.55 Å². The standard InChI is InChI=1S/C13H14N2O2/c1-8-5-4-6-14-12(8)15-9(2)7-11(10(15)3)13(16)17/h4-7H,1-3H3,(H,16,17). The zero-order valence-electron chi connectivity index (χ0n) is 10.1. The zero-order valence-corrected chi connectivity index (χ0v) is 10.1. The van der Waals surface area contributed by atoms with Crippen molar-refractivity contribution in [3.63, 3.8) is 0 Å². The molecule has 0 radical (unpaired) electrons. The second-order valence-electron chi connectivity index (χ2n) is 4.07. The lowest BCUT2D eigenvalue weighted by molar-refractivity contribution is 0.0696. The van der Waals surface area contributed by atoms with Crippen LogP contribution in [0.25, 0.3) is 5.82 Å². The van der Waals surface area contributed by atoms with Crippen LogP contribution < -0.4 is 0 Å². The highest BCUT2D eigenvalue weighted by atomic mass is 16.4. The van der Waals surface area contributed by atoms with Crippen LogP contribution in [0.4, 0.5) is 0 Å². The van der Waals surface area contributed by atoms with Gasteiger partial charge in [-0.25, -0.2) is 9.78 Å². The first-order chi connectivity index (χ1) is 8.02. The van der Waals surface area contributed by atoms with Gasteiger partial charge < -0.3 is 9.67 Å². The number of carboxylic acid groups (broad SMARTS) is 1. The summed E-state index contributed by atoms with van der Waals surface area (Å²) in [6.45, 7) is 5.64. The van der Waals surface area contributed by atoms with E-state index in [1.54, 1.807) is 19.2 Å². The van der Waals surface area contributed by atoms with E-state index in [0.29, 0.717) is 11.3 Å². The molecule has 0 fully saturated rings. The van der Waals surface area contributed by atoms with Crippen LogP contribution in [0.5, 0.6) is 0 Å². The maximum Gasteiger partial charge on any atom is 0.337 e. The molecule has 0 aromatic carbocycles. The molecular weight excluding hydrogens is 216 g/mol. The summed E-state index contributed by atoms with van der Waals surface area (Å²) >= 11 is 0. The quantitative estimate of drug-likeness (QED) is 0.862. The van der Waals surface area contributed by atoms with Crippen LogP contribution in [0.15, 0.2) is 24.4 Å². The summed E-state index contributed by atoms with van der Waals surface area (Å²) in [6.07, 6.45) is 1.71. The largest absolute Gasteiger partial charge is 0.478 e. The van der Waals surface area contributed by atoms with Crippen LogP contribution in [-0.4, -0.2) is 20.6 Å². The number of hydrogen-bond acceptors (Lipinski definition) is 2. The highest BCUT2D eigenvalue weighted by Crippen LogP contribution is 2.21. The Kier molecular flexibility index (Phi) is 2.71. The fourth-order valence-corrected chi connectivity index (χ4v) is 2.02. The number of hydrogen-bond donors (Lipinski definition) is 1. The Balaban J connectivity index is 2.69. The Bertz CT molecular complexity index is 585. The third-order valence-corrected chi connectivity index (χ3v) is 2.86. The normalized spacial score (nSPS) is 10.5. The summed E-state index contributed by atoms with van der Waals surface area (Å²) in [5.74, 6) is -0.118. The van der Waals surface area contributed by atoms with Crippen LogP contribution >= 0.6 is 0 Å². The Morgan fingerprint density at radius 1 is 1.35 bits per heavy atom. The predicted octanol–water partition coefficient (Wildman–Crippen LogP) is 2.50. The van der Waals surface area contributed by atoms with Crippen LogP contribution in [-0.2, 0) is 0 Å². The number of aromatic carboxylic acids is 1. The molecule has 4 nitrogen and oxygen atoms in total. The van der Waals surface area contributed by atoms with E-state index in [1.165, 1.54) is 0 Å². The molecular formula is C13H14N2O2. The molecule has 17 heavy (non-hydrogen) atoms. The van der Waals surface area contributed by atoms with E-state index in [-0.39, 0.29) is 0 Å². The van der Waals surface area contributed by atoms with Gasteiger partial charge >= 0.3 is 5.97 Å². The number of carbonyl (C=O) groups is 1. The van der Waals surface area contributed by atoms with Gasteiger partial charge in [-0.3, -0.25) is 0 Å². The lowest BCUT2D eigenvalue weighted by Gasteiger charge is -2.10. The highest BCUT2D eigenvalue weighted by Gasteiger charge is 2.16. The summed E-state index contributed by atoms with van der Waals surface area (Å²) in [4.78, 5) is 15.4. The first-order valence-electron chi connectivity index (χ1n) is 5.36. The molecule has 0 aliphatic rings. The minimum Gasteiger partial charge on any atom is -0.478 e. The molecule has 0 atom stereocenters. The Hall–Kier alpha value is -2.10. The van der Waals surface area contributed by atoms with E-state index >= 15 is 0 Å². The molecule has 0 bridgehead atoms. The van der Waals surface area contributed by atoms with Gasteiger partial charge in [0.2, 0.25) is 0 Å². The summed E-state index contributed by atoms with van der Waals surface area (Å²) < 4.78 is 1.87. The summed E-state index contributed by atoms with van der Waals surface area (Å²) in [7, 11) is 0. The zero-order chi connectivity index (χ0) is 12.6. The Labute approximate surface area is 99.5 Å². The summed E-state index contributed by atoms with van der Waals surface area (Å²) in [5.41, 5.74) is 2.93. The summed E-state index contributed by atoms with van der Waals surface area (Å²) in [6, 6.07) is 5.50. The lowest BCUT2D eigenvalue weighted by Crippen LogP contribution is -2.05. The third-order valence-electron chi connectivity index (χ3n) is 2.86. The van der Waals surface area contributed by atoms with E-state index in [2.05, 4.69) is 4.98 Å². The van der Waals surface area contributed by atoms with Gasteiger partial charge in [0, 0.05) is 17.6 Å². The van der Waals surface area contributed by atoms with Crippen LogP contribution in [0.1, 0.15) is 27.3 Å². The first-order valence-corrected chi connectivity index (χ1v) is 5.36. The van der Waals surface area contributed by atoms with Crippen LogP contribution in [0.2, 0.25) is 0 Å². The van der Waals surface area contributed by atoms with E-state index < -0.39 is 5.97 Å². The molecule has 2 aromatic heterocycles. The minimum atomic E-state index is -0.905. The second kappa shape index (κ2) is 4.05. The molecule has 0 unspecified atom stereocenters. The van der Waals surface area contributed by atoms with Gasteiger partial charge in [0.15, 0.2) is 0 Å². The molecule has 0 aliphatic carbocycles. The fraction of sp³-hybridized carbons (Fsp3) is 0.231. The Morgan fingerprint density at radius 2 is 2.06 bits per heavy atom. The maximum atomic E-state index is 11.1. The average Bonchev–Trinajstić information content (AvgIpc) is 2.56. The fourth-order valence-electron chi connectivity index (χ4n) is 2.02. The van der Waals surface area contributed by atoms with Gasteiger partial charge in [-0.05, 0) is 38.5 Å². The molecule has 0 saturated heterocycles. The van der Waals surface area contributed by atoms with Crippen LogP contribution in [0, 0.1) is 20.8 Å². The molecule has 0 saturated carbocycles. The first kappa shape index (κ1) is 11.4. The van der Waals surface area contributed by atoms with Gasteiger partial charge in [0.05, 0.1) is 5.56 Å². The van der Waals surface area contributed by atoms with Crippen molar-refractivity contribution < 1.29 is 9.90 Å². The lowest BCUT2D eigenvalue weighted by atomic mass is 10.2. The second-order valence-corrected chi connectivity index (χ2v) is 4.07. The van der Waals surface area contributed by atoms with E-state index in [1.807, 2.05) is 30.5 Å². The van der Waals surface area contributed by atoms with Gasteiger partial charge in [0.1, 0.15) is 5.82 Å². The third kappa shape index (κ3) is 1.82. The van der Waals surface area contributed by atoms with Crippen molar-refractivity contribution in [3.8, 4) is 5.82 Å². The molecule has 2 rings (SSSR count). The van der Waals surface area contributed by atoms with Crippen LogP contribution in [0.3, 0.4) is 0 Å². The van der Waals surface area contributed by atoms with Crippen molar-refractivity contribution in [1.29, 1.82) is 0 Å². The minimum absolute atomic E-state index is 0.326. The van der Waals surface area contributed by atoms with E-state index in [9.17, 15) is 4.79 Å². The number of pyridine rings is 1. The molecule has 0 amide bonds. The van der Waals surface area contributed by atoms with Crippen molar-refractivity contribution in [2.45, 2.75) is 20.8 Å². The monoisotopic (exact) mass is 230 g/mol. The van der Waals surface area contributed by atoms with Crippen molar-refractivity contribution in [2.75, 3.05) is 0 Å². The highest BCUT2D eigenvalue weighted by molar-refractivity contribution is 5.89. The van der Waals surface area contributed by atoms with Crippen molar-refractivity contribution in [2.24, 2.45) is 0 Å². The predicted molar refractivity (Wildman–Crippen MR) is 64.7 cm³/mol. The van der Waals surface area contributed by atoms with Gasteiger partial charge in [-0.15, -0.1) is 0 Å². The van der Waals surface area contributed by atoms with Crippen molar-refractivity contribution in [3.05, 3.63) is 46.9 Å². The number of carboxylic acids is 1. The van der Waals surface area contributed by atoms with E-state index in [0.717, 1.165) is 17.1 Å². The van der Waals surface area contributed by atoms with Gasteiger partial charge in [-0.1, -0.05) is 6.07 Å². The molecule has 1 N–H and O–H groups in total. The number of nitrogens with zero attached hydrogens (tertiary/aromatic N) is 2. The molecule has 88 valence electrons. The van der Waals surface area contributed by atoms with Gasteiger partial charge in [0.25, 0.3) is 0 Å². The summed E-state index contributed by atoms with van der Waals surface area (Å²) in [5, 5.41) is 9.09. The maximum absolute atomic E-state index is 11.1. The smallest absolute Gasteiger partial charge is 0.337 e. The van der Waals surface area contributed by atoms with E-state index in [4.69, 9.17) is 5.11 Å². The average molecular weight is 230 g/mol. The van der Waals surface area contributed by atoms with Crippen molar-refractivity contribution >= 4 is 5.97 Å². The molecule has 0 aliphatic heterocycles. The SMILES string of the molecule is Cc1cccnc1-n1c(C)cc(C(=O)O)c1C.